The first-order valence-electron chi connectivity index (χ1n) is 3.48. The molecule has 0 spiro atoms. The normalized spacial score (nSPS) is 12.5. The van der Waals surface area contributed by atoms with Gasteiger partial charge >= 0.3 is 5.97 Å². The number of thiol groups is 1. The number of hydrogen-bond donors (Lipinski definition) is 2. The highest BCUT2D eigenvalue weighted by Gasteiger charge is 2.04. The summed E-state index contributed by atoms with van der Waals surface area (Å²) in [5, 5.41) is 8.62. The molecule has 0 radical (unpaired) electrons. The summed E-state index contributed by atoms with van der Waals surface area (Å²) < 4.78 is 0. The second kappa shape index (κ2) is 3.58. The molecule has 1 atom stereocenters. The van der Waals surface area contributed by atoms with Gasteiger partial charge in [-0.25, -0.2) is 9.78 Å². The van der Waals surface area contributed by atoms with Crippen molar-refractivity contribution in [2.24, 2.45) is 0 Å². The predicted molar refractivity (Wildman–Crippen MR) is 48.6 cm³/mol. The number of pyridine rings is 1. The third kappa shape index (κ3) is 1.98. The van der Waals surface area contributed by atoms with Crippen molar-refractivity contribution < 1.29 is 9.90 Å². The van der Waals surface area contributed by atoms with E-state index in [1.54, 1.807) is 6.07 Å². The molecular weight excluding hydrogens is 174 g/mol. The minimum atomic E-state index is -1.01. The van der Waals surface area contributed by atoms with Crippen molar-refractivity contribution in [3.05, 3.63) is 29.6 Å². The van der Waals surface area contributed by atoms with E-state index < -0.39 is 5.97 Å². The molecular formula is C8H9NO2S. The lowest BCUT2D eigenvalue weighted by atomic mass is 10.2. The largest absolute Gasteiger partial charge is 0.477 e. The summed E-state index contributed by atoms with van der Waals surface area (Å²) >= 11 is 4.19. The highest BCUT2D eigenvalue weighted by atomic mass is 32.1. The van der Waals surface area contributed by atoms with E-state index in [0.717, 1.165) is 5.56 Å². The van der Waals surface area contributed by atoms with Gasteiger partial charge in [-0.3, -0.25) is 0 Å². The Hall–Kier alpha value is -1.03. The Kier molecular flexibility index (Phi) is 2.70. The van der Waals surface area contributed by atoms with E-state index in [1.807, 2.05) is 6.92 Å². The molecule has 0 amide bonds. The van der Waals surface area contributed by atoms with Gasteiger partial charge in [0.15, 0.2) is 0 Å². The van der Waals surface area contributed by atoms with Crippen LogP contribution < -0.4 is 0 Å². The zero-order chi connectivity index (χ0) is 9.14. The summed E-state index contributed by atoms with van der Waals surface area (Å²) in [6.45, 7) is 1.90. The maximum absolute atomic E-state index is 10.4. The number of carbonyl (C=O) groups is 1. The van der Waals surface area contributed by atoms with Gasteiger partial charge in [0.1, 0.15) is 5.69 Å². The van der Waals surface area contributed by atoms with Gasteiger partial charge in [0.05, 0.1) is 0 Å². The van der Waals surface area contributed by atoms with Crippen molar-refractivity contribution in [1.82, 2.24) is 4.98 Å². The zero-order valence-electron chi connectivity index (χ0n) is 6.56. The average Bonchev–Trinajstić information content (AvgIpc) is 2.04. The maximum atomic E-state index is 10.4. The van der Waals surface area contributed by atoms with Crippen LogP contribution in [0.4, 0.5) is 0 Å². The van der Waals surface area contributed by atoms with E-state index in [2.05, 4.69) is 17.6 Å². The Morgan fingerprint density at radius 1 is 1.67 bits per heavy atom. The van der Waals surface area contributed by atoms with E-state index >= 15 is 0 Å². The predicted octanol–water partition coefficient (Wildman–Crippen LogP) is 1.77. The summed E-state index contributed by atoms with van der Waals surface area (Å²) in [7, 11) is 0. The number of hydrogen-bond acceptors (Lipinski definition) is 3. The molecule has 3 nitrogen and oxygen atoms in total. The Morgan fingerprint density at radius 3 is 2.67 bits per heavy atom. The van der Waals surface area contributed by atoms with Crippen LogP contribution in [0.25, 0.3) is 0 Å². The lowest BCUT2D eigenvalue weighted by Gasteiger charge is -2.02. The summed E-state index contributed by atoms with van der Waals surface area (Å²) in [4.78, 5) is 14.2. The number of carboxylic acids is 1. The van der Waals surface area contributed by atoms with Gasteiger partial charge in [0.2, 0.25) is 0 Å². The Balaban J connectivity index is 2.93. The van der Waals surface area contributed by atoms with Crippen LogP contribution in [0.5, 0.6) is 0 Å². The van der Waals surface area contributed by atoms with Crippen LogP contribution in [0.2, 0.25) is 0 Å². The van der Waals surface area contributed by atoms with E-state index in [-0.39, 0.29) is 10.9 Å². The average molecular weight is 183 g/mol. The number of carboxylic acid groups (broad SMARTS) is 1. The highest BCUT2D eigenvalue weighted by molar-refractivity contribution is 7.80. The molecule has 1 N–H and O–H groups in total. The van der Waals surface area contributed by atoms with E-state index in [1.165, 1.54) is 12.3 Å². The molecule has 0 fully saturated rings. The summed E-state index contributed by atoms with van der Waals surface area (Å²) in [6, 6.07) is 3.19. The summed E-state index contributed by atoms with van der Waals surface area (Å²) in [6.07, 6.45) is 1.53. The van der Waals surface area contributed by atoms with Gasteiger partial charge in [-0.1, -0.05) is 6.07 Å². The first kappa shape index (κ1) is 9.06. The Bertz CT molecular complexity index is 282. The number of aromatic carboxylic acids is 1. The fraction of sp³-hybridized carbons (Fsp3) is 0.250. The Labute approximate surface area is 75.9 Å². The molecule has 4 heteroatoms. The first-order chi connectivity index (χ1) is 5.61. The topological polar surface area (TPSA) is 50.2 Å². The molecule has 12 heavy (non-hydrogen) atoms. The van der Waals surface area contributed by atoms with E-state index in [0.29, 0.717) is 0 Å². The lowest BCUT2D eigenvalue weighted by molar-refractivity contribution is 0.0690. The van der Waals surface area contributed by atoms with E-state index in [4.69, 9.17) is 5.11 Å². The standard InChI is InChI=1S/C8H9NO2S/c1-5(12)6-2-3-7(8(10)11)9-4-6/h2-5,12H,1H3,(H,10,11). The number of nitrogens with zero attached hydrogens (tertiary/aromatic N) is 1. The van der Waals surface area contributed by atoms with Crippen molar-refractivity contribution in [2.45, 2.75) is 12.2 Å². The van der Waals surface area contributed by atoms with Crippen LogP contribution in [0.15, 0.2) is 18.3 Å². The van der Waals surface area contributed by atoms with Crippen LogP contribution in [-0.4, -0.2) is 16.1 Å². The molecule has 0 aliphatic heterocycles. The Morgan fingerprint density at radius 2 is 2.33 bits per heavy atom. The minimum Gasteiger partial charge on any atom is -0.477 e. The van der Waals surface area contributed by atoms with Gasteiger partial charge in [-0.2, -0.15) is 12.6 Å². The molecule has 0 aliphatic rings. The van der Waals surface area contributed by atoms with Crippen LogP contribution >= 0.6 is 12.6 Å². The second-order valence-corrected chi connectivity index (χ2v) is 3.23. The minimum absolute atomic E-state index is 0.0627. The number of rotatable bonds is 2. The third-order valence-electron chi connectivity index (χ3n) is 1.49. The molecule has 0 saturated carbocycles. The van der Waals surface area contributed by atoms with Crippen LogP contribution in [0, 0.1) is 0 Å². The van der Waals surface area contributed by atoms with Gasteiger partial charge in [0.25, 0.3) is 0 Å². The van der Waals surface area contributed by atoms with Crippen molar-refractivity contribution in [3.63, 3.8) is 0 Å². The second-order valence-electron chi connectivity index (χ2n) is 2.46. The molecule has 1 unspecified atom stereocenters. The number of aromatic nitrogens is 1. The molecule has 0 saturated heterocycles. The smallest absolute Gasteiger partial charge is 0.354 e. The molecule has 1 rings (SSSR count). The van der Waals surface area contributed by atoms with Gasteiger partial charge in [-0.05, 0) is 18.6 Å². The molecule has 1 heterocycles. The molecule has 0 aromatic carbocycles. The highest BCUT2D eigenvalue weighted by Crippen LogP contribution is 2.17. The van der Waals surface area contributed by atoms with Crippen molar-refractivity contribution >= 4 is 18.6 Å². The van der Waals surface area contributed by atoms with Crippen molar-refractivity contribution in [2.75, 3.05) is 0 Å². The third-order valence-corrected chi connectivity index (χ3v) is 1.79. The van der Waals surface area contributed by atoms with Crippen LogP contribution in [0.3, 0.4) is 0 Å². The van der Waals surface area contributed by atoms with Gasteiger partial charge < -0.3 is 5.11 Å². The molecule has 1 aromatic rings. The van der Waals surface area contributed by atoms with Crippen LogP contribution in [0.1, 0.15) is 28.2 Å². The quantitative estimate of drug-likeness (QED) is 0.687. The molecule has 0 aliphatic carbocycles. The van der Waals surface area contributed by atoms with E-state index in [9.17, 15) is 4.79 Å². The summed E-state index contributed by atoms with van der Waals surface area (Å²) in [5.74, 6) is -1.01. The first-order valence-corrected chi connectivity index (χ1v) is 4.00. The zero-order valence-corrected chi connectivity index (χ0v) is 7.45. The molecule has 64 valence electrons. The fourth-order valence-electron chi connectivity index (χ4n) is 0.779. The monoisotopic (exact) mass is 183 g/mol. The SMILES string of the molecule is CC(S)c1ccc(C(=O)O)nc1. The van der Waals surface area contributed by atoms with Gasteiger partial charge in [0, 0.05) is 11.4 Å². The lowest BCUT2D eigenvalue weighted by Crippen LogP contribution is -2.00. The fourth-order valence-corrected chi connectivity index (χ4v) is 0.932. The molecule has 1 aromatic heterocycles. The van der Waals surface area contributed by atoms with Crippen LogP contribution in [-0.2, 0) is 0 Å². The van der Waals surface area contributed by atoms with Gasteiger partial charge in [-0.15, -0.1) is 0 Å². The van der Waals surface area contributed by atoms with Crippen molar-refractivity contribution in [1.29, 1.82) is 0 Å². The maximum Gasteiger partial charge on any atom is 0.354 e. The summed E-state index contributed by atoms with van der Waals surface area (Å²) in [5.41, 5.74) is 0.982. The molecule has 0 bridgehead atoms. The van der Waals surface area contributed by atoms with Crippen molar-refractivity contribution in [3.8, 4) is 0 Å².